The Morgan fingerprint density at radius 2 is 2.09 bits per heavy atom. The molecule has 1 aromatic heterocycles. The van der Waals surface area contributed by atoms with E-state index in [0.717, 1.165) is 16.8 Å². The first-order valence-electron chi connectivity index (χ1n) is 7.49. The van der Waals surface area contributed by atoms with Gasteiger partial charge in [-0.1, -0.05) is 30.3 Å². The van der Waals surface area contributed by atoms with Gasteiger partial charge in [-0.2, -0.15) is 0 Å². The number of halogens is 1. The second-order valence-corrected chi connectivity index (χ2v) is 5.72. The highest BCUT2D eigenvalue weighted by Crippen LogP contribution is 2.33. The lowest BCUT2D eigenvalue weighted by atomic mass is 10.1. The Hall–Kier alpha value is -2.50. The van der Waals surface area contributed by atoms with E-state index < -0.39 is 6.23 Å². The zero-order chi connectivity index (χ0) is 15.8. The second-order valence-electron chi connectivity index (χ2n) is 5.72. The minimum absolute atomic E-state index is 0.278. The molecule has 0 radical (unpaired) electrons. The lowest BCUT2D eigenvalue weighted by Crippen LogP contribution is -2.22. The van der Waals surface area contributed by atoms with Crippen LogP contribution < -0.4 is 0 Å². The van der Waals surface area contributed by atoms with Crippen molar-refractivity contribution in [1.82, 2.24) is 14.5 Å². The highest BCUT2D eigenvalue weighted by atomic mass is 19.1. The van der Waals surface area contributed by atoms with E-state index in [0.29, 0.717) is 18.7 Å². The van der Waals surface area contributed by atoms with Crippen molar-refractivity contribution in [1.29, 1.82) is 0 Å². The topological polar surface area (TPSA) is 41.3 Å². The van der Waals surface area contributed by atoms with E-state index in [-0.39, 0.29) is 5.82 Å². The van der Waals surface area contributed by atoms with Crippen LogP contribution in [0.1, 0.15) is 22.9 Å². The van der Waals surface area contributed by atoms with Crippen molar-refractivity contribution in [3.8, 4) is 5.69 Å². The molecule has 0 fully saturated rings. The molecular formula is C18H16FN3O. The van der Waals surface area contributed by atoms with Crippen LogP contribution in [0, 0.1) is 5.82 Å². The average Bonchev–Trinajstić information content (AvgIpc) is 3.19. The third-order valence-corrected chi connectivity index (χ3v) is 4.27. The number of aliphatic hydroxyl groups excluding tert-OH is 1. The normalized spacial score (nSPS) is 17.4. The summed E-state index contributed by atoms with van der Waals surface area (Å²) in [5.74, 6) is -0.278. The van der Waals surface area contributed by atoms with Gasteiger partial charge in [0.15, 0.2) is 0 Å². The van der Waals surface area contributed by atoms with E-state index in [1.807, 2.05) is 35.2 Å². The third-order valence-electron chi connectivity index (χ3n) is 4.27. The van der Waals surface area contributed by atoms with Gasteiger partial charge in [0.25, 0.3) is 0 Å². The molecule has 0 aliphatic carbocycles. The van der Waals surface area contributed by atoms with Crippen molar-refractivity contribution in [3.05, 3.63) is 83.7 Å². The van der Waals surface area contributed by atoms with Gasteiger partial charge < -0.3 is 9.67 Å². The molecule has 4 rings (SSSR count). The molecule has 4 nitrogen and oxygen atoms in total. The fourth-order valence-electron chi connectivity index (χ4n) is 3.03. The predicted molar refractivity (Wildman–Crippen MR) is 84.2 cm³/mol. The maximum absolute atomic E-state index is 14.4. The van der Waals surface area contributed by atoms with E-state index in [1.165, 1.54) is 6.07 Å². The molecule has 0 spiro atoms. The smallest absolute Gasteiger partial charge is 0.134 e. The monoisotopic (exact) mass is 309 g/mol. The predicted octanol–water partition coefficient (Wildman–Crippen LogP) is 3.02. The largest absolute Gasteiger partial charge is 0.374 e. The Kier molecular flexibility index (Phi) is 3.44. The molecule has 1 aliphatic heterocycles. The zero-order valence-corrected chi connectivity index (χ0v) is 12.4. The highest BCUT2D eigenvalue weighted by molar-refractivity contribution is 5.37. The fraction of sp³-hybridized carbons (Fsp3) is 0.167. The number of aliphatic hydroxyl groups is 1. The van der Waals surface area contributed by atoms with Crippen molar-refractivity contribution in [3.63, 3.8) is 0 Å². The molecule has 0 bridgehead atoms. The summed E-state index contributed by atoms with van der Waals surface area (Å²) in [7, 11) is 0. The second kappa shape index (κ2) is 5.61. The number of benzene rings is 2. The standard InChI is InChI=1S/C18H16FN3O/c19-17-9-15(21-8-7-20-12-21)6-5-14(17)11-22-10-13-3-1-2-4-16(13)18(22)23/h1-9,12,18,23H,10-11H2. The first kappa shape index (κ1) is 14.1. The van der Waals surface area contributed by atoms with Gasteiger partial charge in [-0.25, -0.2) is 9.37 Å². The molecule has 116 valence electrons. The molecule has 0 saturated heterocycles. The Labute approximate surface area is 133 Å². The Balaban J connectivity index is 1.56. The molecular weight excluding hydrogens is 293 g/mol. The zero-order valence-electron chi connectivity index (χ0n) is 12.4. The third kappa shape index (κ3) is 2.54. The molecule has 0 amide bonds. The molecule has 1 N–H and O–H groups in total. The summed E-state index contributed by atoms with van der Waals surface area (Å²) in [5, 5.41) is 10.4. The molecule has 5 heteroatoms. The molecule has 2 heterocycles. The molecule has 2 aromatic carbocycles. The summed E-state index contributed by atoms with van der Waals surface area (Å²) in [4.78, 5) is 5.83. The van der Waals surface area contributed by atoms with Crippen molar-refractivity contribution in [2.24, 2.45) is 0 Å². The summed E-state index contributed by atoms with van der Waals surface area (Å²) in [6, 6.07) is 12.9. The van der Waals surface area contributed by atoms with E-state index in [4.69, 9.17) is 0 Å². The minimum atomic E-state index is -0.682. The Morgan fingerprint density at radius 1 is 1.22 bits per heavy atom. The molecule has 3 aromatic rings. The van der Waals surface area contributed by atoms with Crippen LogP contribution in [0.15, 0.2) is 61.2 Å². The van der Waals surface area contributed by atoms with E-state index in [2.05, 4.69) is 4.98 Å². The molecule has 23 heavy (non-hydrogen) atoms. The number of fused-ring (bicyclic) bond motifs is 1. The number of hydrogen-bond donors (Lipinski definition) is 1. The maximum atomic E-state index is 14.4. The van der Waals surface area contributed by atoms with Crippen LogP contribution in [0.25, 0.3) is 5.69 Å². The summed E-state index contributed by atoms with van der Waals surface area (Å²) >= 11 is 0. The lowest BCUT2D eigenvalue weighted by molar-refractivity contribution is 0.00707. The van der Waals surface area contributed by atoms with Crippen LogP contribution >= 0.6 is 0 Å². The van der Waals surface area contributed by atoms with Crippen LogP contribution in [0.3, 0.4) is 0 Å². The van der Waals surface area contributed by atoms with Crippen LogP contribution in [0.5, 0.6) is 0 Å². The van der Waals surface area contributed by atoms with Gasteiger partial charge in [0, 0.05) is 36.7 Å². The molecule has 1 aliphatic rings. The van der Waals surface area contributed by atoms with Crippen molar-refractivity contribution in [2.45, 2.75) is 19.3 Å². The van der Waals surface area contributed by atoms with Crippen molar-refractivity contribution in [2.75, 3.05) is 0 Å². The van der Waals surface area contributed by atoms with Gasteiger partial charge in [0.1, 0.15) is 12.0 Å². The quantitative estimate of drug-likeness (QED) is 0.808. The summed E-state index contributed by atoms with van der Waals surface area (Å²) in [6.07, 6.45) is 4.38. The van der Waals surface area contributed by atoms with Gasteiger partial charge in [0.2, 0.25) is 0 Å². The summed E-state index contributed by atoms with van der Waals surface area (Å²) in [6.45, 7) is 0.992. The van der Waals surface area contributed by atoms with Gasteiger partial charge >= 0.3 is 0 Å². The Morgan fingerprint density at radius 3 is 2.83 bits per heavy atom. The van der Waals surface area contributed by atoms with E-state index in [9.17, 15) is 9.50 Å². The molecule has 1 atom stereocenters. The Bertz CT molecular complexity index is 832. The van der Waals surface area contributed by atoms with Crippen LogP contribution in [-0.2, 0) is 13.1 Å². The van der Waals surface area contributed by atoms with Gasteiger partial charge in [0.05, 0.1) is 6.33 Å². The van der Waals surface area contributed by atoms with Crippen LogP contribution in [0.2, 0.25) is 0 Å². The van der Waals surface area contributed by atoms with Crippen molar-refractivity contribution < 1.29 is 9.50 Å². The first-order chi connectivity index (χ1) is 11.2. The van der Waals surface area contributed by atoms with Gasteiger partial charge in [-0.3, -0.25) is 4.90 Å². The lowest BCUT2D eigenvalue weighted by Gasteiger charge is -2.21. The molecule has 1 unspecified atom stereocenters. The maximum Gasteiger partial charge on any atom is 0.134 e. The minimum Gasteiger partial charge on any atom is -0.374 e. The number of imidazole rings is 1. The first-order valence-corrected chi connectivity index (χ1v) is 7.49. The number of rotatable bonds is 3. The summed E-state index contributed by atoms with van der Waals surface area (Å²) < 4.78 is 16.2. The van der Waals surface area contributed by atoms with Gasteiger partial charge in [-0.05, 0) is 23.3 Å². The number of nitrogens with zero attached hydrogens (tertiary/aromatic N) is 3. The molecule has 0 saturated carbocycles. The van der Waals surface area contributed by atoms with Crippen molar-refractivity contribution >= 4 is 0 Å². The highest BCUT2D eigenvalue weighted by Gasteiger charge is 2.28. The van der Waals surface area contributed by atoms with Crippen LogP contribution in [0.4, 0.5) is 4.39 Å². The summed E-state index contributed by atoms with van der Waals surface area (Å²) in [5.41, 5.74) is 3.30. The van der Waals surface area contributed by atoms with E-state index >= 15 is 0 Å². The SMILES string of the molecule is OC1c2ccccc2CN1Cc1ccc(-n2ccnc2)cc1F. The fourth-order valence-corrected chi connectivity index (χ4v) is 3.03. The van der Waals surface area contributed by atoms with Crippen LogP contribution in [-0.4, -0.2) is 19.6 Å². The number of hydrogen-bond acceptors (Lipinski definition) is 3. The number of aromatic nitrogens is 2. The van der Waals surface area contributed by atoms with E-state index in [1.54, 1.807) is 29.4 Å². The average molecular weight is 309 g/mol. The van der Waals surface area contributed by atoms with Gasteiger partial charge in [-0.15, -0.1) is 0 Å².